The molecule has 100 valence electrons. The fourth-order valence-electron chi connectivity index (χ4n) is 1.90. The third-order valence-corrected chi connectivity index (χ3v) is 2.98. The zero-order chi connectivity index (χ0) is 13.2. The SMILES string of the molecule is FC(F)(F)COCCc1nc(Cl)c2c(n1)CCC2. The van der Waals surface area contributed by atoms with Gasteiger partial charge in [-0.15, -0.1) is 0 Å². The number of fused-ring (bicyclic) bond motifs is 1. The van der Waals surface area contributed by atoms with E-state index in [1.54, 1.807) is 0 Å². The van der Waals surface area contributed by atoms with Crippen molar-refractivity contribution in [1.82, 2.24) is 9.97 Å². The molecule has 0 saturated heterocycles. The van der Waals surface area contributed by atoms with Crippen LogP contribution in [0.1, 0.15) is 23.5 Å². The lowest BCUT2D eigenvalue weighted by Gasteiger charge is -2.08. The fraction of sp³-hybridized carbons (Fsp3) is 0.636. The molecule has 0 spiro atoms. The Kier molecular flexibility index (Phi) is 4.07. The van der Waals surface area contributed by atoms with Crippen LogP contribution in [-0.4, -0.2) is 29.4 Å². The molecule has 1 heterocycles. The Morgan fingerprint density at radius 2 is 2.00 bits per heavy atom. The summed E-state index contributed by atoms with van der Waals surface area (Å²) in [6, 6.07) is 0. The Morgan fingerprint density at radius 1 is 1.22 bits per heavy atom. The maximum Gasteiger partial charge on any atom is 0.411 e. The van der Waals surface area contributed by atoms with Crippen molar-refractivity contribution in [3.8, 4) is 0 Å². The molecule has 3 nitrogen and oxygen atoms in total. The standard InChI is InChI=1S/C11H12ClF3N2O/c12-10-7-2-1-3-8(7)16-9(17-10)4-5-18-6-11(13,14)15/h1-6H2. The monoisotopic (exact) mass is 280 g/mol. The minimum absolute atomic E-state index is 0.0609. The van der Waals surface area contributed by atoms with Gasteiger partial charge in [0.2, 0.25) is 0 Å². The highest BCUT2D eigenvalue weighted by atomic mass is 35.5. The molecular formula is C11H12ClF3N2O. The highest BCUT2D eigenvalue weighted by Crippen LogP contribution is 2.26. The van der Waals surface area contributed by atoms with E-state index in [0.29, 0.717) is 11.0 Å². The maximum absolute atomic E-state index is 11.8. The van der Waals surface area contributed by atoms with Gasteiger partial charge in [-0.05, 0) is 19.3 Å². The molecule has 1 aromatic rings. The molecular weight excluding hydrogens is 269 g/mol. The minimum atomic E-state index is -4.30. The molecule has 0 bridgehead atoms. The van der Waals surface area contributed by atoms with E-state index in [0.717, 1.165) is 30.5 Å². The summed E-state index contributed by atoms with van der Waals surface area (Å²) in [5.74, 6) is 0.447. The summed E-state index contributed by atoms with van der Waals surface area (Å²) in [4.78, 5) is 8.36. The molecule has 0 fully saturated rings. The number of halogens is 4. The van der Waals surface area contributed by atoms with E-state index in [1.807, 2.05) is 0 Å². The van der Waals surface area contributed by atoms with Gasteiger partial charge in [-0.3, -0.25) is 0 Å². The van der Waals surface area contributed by atoms with E-state index in [2.05, 4.69) is 14.7 Å². The number of nitrogens with zero attached hydrogens (tertiary/aromatic N) is 2. The average Bonchev–Trinajstić information content (AvgIpc) is 2.71. The van der Waals surface area contributed by atoms with Gasteiger partial charge in [0.25, 0.3) is 0 Å². The Balaban J connectivity index is 1.89. The summed E-state index contributed by atoms with van der Waals surface area (Å²) in [6.45, 7) is -1.31. The van der Waals surface area contributed by atoms with Crippen LogP contribution in [0, 0.1) is 0 Å². The number of aryl methyl sites for hydroxylation is 1. The van der Waals surface area contributed by atoms with Gasteiger partial charge in [0.05, 0.1) is 6.61 Å². The van der Waals surface area contributed by atoms with Gasteiger partial charge < -0.3 is 4.74 Å². The quantitative estimate of drug-likeness (QED) is 0.628. The Morgan fingerprint density at radius 3 is 2.72 bits per heavy atom. The fourth-order valence-corrected chi connectivity index (χ4v) is 2.20. The van der Waals surface area contributed by atoms with E-state index in [4.69, 9.17) is 11.6 Å². The summed E-state index contributed by atoms with van der Waals surface area (Å²) in [5, 5.41) is 0.420. The first-order valence-electron chi connectivity index (χ1n) is 5.64. The third kappa shape index (κ3) is 3.55. The Labute approximate surface area is 107 Å². The minimum Gasteiger partial charge on any atom is -0.372 e. The Bertz CT molecular complexity index is 437. The van der Waals surface area contributed by atoms with E-state index in [9.17, 15) is 13.2 Å². The highest BCUT2D eigenvalue weighted by molar-refractivity contribution is 6.30. The third-order valence-electron chi connectivity index (χ3n) is 2.66. The molecule has 1 aliphatic carbocycles. The van der Waals surface area contributed by atoms with Gasteiger partial charge in [0.15, 0.2) is 0 Å². The van der Waals surface area contributed by atoms with Gasteiger partial charge in [-0.25, -0.2) is 9.97 Å². The van der Waals surface area contributed by atoms with E-state index in [1.165, 1.54) is 0 Å². The zero-order valence-electron chi connectivity index (χ0n) is 9.56. The smallest absolute Gasteiger partial charge is 0.372 e. The predicted molar refractivity (Wildman–Crippen MR) is 59.6 cm³/mol. The van der Waals surface area contributed by atoms with Crippen molar-refractivity contribution in [3.63, 3.8) is 0 Å². The van der Waals surface area contributed by atoms with Crippen molar-refractivity contribution in [2.45, 2.75) is 31.9 Å². The molecule has 18 heavy (non-hydrogen) atoms. The van der Waals surface area contributed by atoms with Gasteiger partial charge in [0.1, 0.15) is 17.6 Å². The van der Waals surface area contributed by atoms with Crippen LogP contribution in [0.5, 0.6) is 0 Å². The second-order valence-corrected chi connectivity index (χ2v) is 4.49. The largest absolute Gasteiger partial charge is 0.411 e. The van der Waals surface area contributed by atoms with Gasteiger partial charge in [-0.1, -0.05) is 11.6 Å². The van der Waals surface area contributed by atoms with Crippen molar-refractivity contribution in [3.05, 3.63) is 22.2 Å². The predicted octanol–water partition coefficient (Wildman–Crippen LogP) is 2.74. The van der Waals surface area contributed by atoms with Crippen LogP contribution < -0.4 is 0 Å². The summed E-state index contributed by atoms with van der Waals surface area (Å²) < 4.78 is 40.1. The molecule has 7 heteroatoms. The molecule has 0 amide bonds. The first kappa shape index (κ1) is 13.5. The van der Waals surface area contributed by atoms with Crippen molar-refractivity contribution in [2.75, 3.05) is 13.2 Å². The molecule has 1 aromatic heterocycles. The van der Waals surface area contributed by atoms with Crippen molar-refractivity contribution in [1.29, 1.82) is 0 Å². The molecule has 0 aromatic carbocycles. The number of hydrogen-bond donors (Lipinski definition) is 0. The van der Waals surface area contributed by atoms with Crippen molar-refractivity contribution in [2.24, 2.45) is 0 Å². The normalized spacial score (nSPS) is 14.9. The molecule has 2 rings (SSSR count). The lowest BCUT2D eigenvalue weighted by atomic mass is 10.2. The second kappa shape index (κ2) is 5.40. The van der Waals surface area contributed by atoms with Crippen LogP contribution in [0.2, 0.25) is 5.15 Å². The van der Waals surface area contributed by atoms with Crippen molar-refractivity contribution < 1.29 is 17.9 Å². The van der Waals surface area contributed by atoms with Crippen LogP contribution >= 0.6 is 11.6 Å². The summed E-state index contributed by atoms with van der Waals surface area (Å²) in [5.41, 5.74) is 1.89. The van der Waals surface area contributed by atoms with Crippen molar-refractivity contribution >= 4 is 11.6 Å². The molecule has 0 saturated carbocycles. The lowest BCUT2D eigenvalue weighted by molar-refractivity contribution is -0.173. The second-order valence-electron chi connectivity index (χ2n) is 4.13. The molecule has 0 aliphatic heterocycles. The van der Waals surface area contributed by atoms with Gasteiger partial charge in [-0.2, -0.15) is 13.2 Å². The van der Waals surface area contributed by atoms with E-state index >= 15 is 0 Å². The van der Waals surface area contributed by atoms with Gasteiger partial charge in [0, 0.05) is 17.7 Å². The molecule has 1 aliphatic rings. The number of hydrogen-bond acceptors (Lipinski definition) is 3. The summed E-state index contributed by atoms with van der Waals surface area (Å²) in [6.07, 6.45) is -1.33. The first-order valence-corrected chi connectivity index (χ1v) is 6.02. The van der Waals surface area contributed by atoms with Gasteiger partial charge >= 0.3 is 6.18 Å². The van der Waals surface area contributed by atoms with E-state index < -0.39 is 12.8 Å². The van der Waals surface area contributed by atoms with Crippen LogP contribution in [0.25, 0.3) is 0 Å². The van der Waals surface area contributed by atoms with Crippen LogP contribution in [-0.2, 0) is 24.0 Å². The topological polar surface area (TPSA) is 35.0 Å². The zero-order valence-corrected chi connectivity index (χ0v) is 10.3. The highest BCUT2D eigenvalue weighted by Gasteiger charge is 2.27. The molecule has 0 N–H and O–H groups in total. The number of ether oxygens (including phenoxy) is 1. The number of aromatic nitrogens is 2. The summed E-state index contributed by atoms with van der Waals surface area (Å²) in [7, 11) is 0. The molecule has 0 atom stereocenters. The number of alkyl halides is 3. The van der Waals surface area contributed by atoms with Crippen LogP contribution in [0.15, 0.2) is 0 Å². The Hall–Kier alpha value is -0.880. The van der Waals surface area contributed by atoms with Crippen LogP contribution in [0.3, 0.4) is 0 Å². The first-order chi connectivity index (χ1) is 8.46. The lowest BCUT2D eigenvalue weighted by Crippen LogP contribution is -2.18. The van der Waals surface area contributed by atoms with Crippen LogP contribution in [0.4, 0.5) is 13.2 Å². The van der Waals surface area contributed by atoms with E-state index in [-0.39, 0.29) is 13.0 Å². The maximum atomic E-state index is 11.8. The molecule has 0 unspecified atom stereocenters. The summed E-state index contributed by atoms with van der Waals surface area (Å²) >= 11 is 5.99. The molecule has 0 radical (unpaired) electrons. The number of rotatable bonds is 4. The average molecular weight is 281 g/mol.